The Morgan fingerprint density at radius 2 is 1.45 bits per heavy atom. The number of hydrogen-bond acceptors (Lipinski definition) is 2. The van der Waals surface area contributed by atoms with Gasteiger partial charge in [-0.15, -0.1) is 0 Å². The second kappa shape index (κ2) is 11.7. The second-order valence-corrected chi connectivity index (χ2v) is 9.54. The molecule has 0 aliphatic carbocycles. The Morgan fingerprint density at radius 3 is 2.09 bits per heavy atom. The Hall–Kier alpha value is -2.33. The summed E-state index contributed by atoms with van der Waals surface area (Å²) in [5, 5.41) is 4.71. The molecule has 1 fully saturated rings. The number of rotatable bonds is 8. The van der Waals surface area contributed by atoms with Gasteiger partial charge in [0.15, 0.2) is 0 Å². The first-order valence-electron chi connectivity index (χ1n) is 11.5. The number of ether oxygens (including phenoxy) is 1. The Balaban J connectivity index is 1.52. The summed E-state index contributed by atoms with van der Waals surface area (Å²) in [6.45, 7) is 1.98. The first-order chi connectivity index (χ1) is 16.1. The van der Waals surface area contributed by atoms with Crippen LogP contribution in [0.2, 0.25) is 10.0 Å². The topological polar surface area (TPSA) is 38.3 Å². The fraction of sp³-hybridized carbons (Fsp3) is 0.321. The van der Waals surface area contributed by atoms with Gasteiger partial charge in [-0.2, -0.15) is 0 Å². The minimum absolute atomic E-state index is 0.0863. The van der Waals surface area contributed by atoms with Crippen LogP contribution in [-0.4, -0.2) is 25.7 Å². The molecule has 3 nitrogen and oxygen atoms in total. The van der Waals surface area contributed by atoms with Crippen LogP contribution in [0.25, 0.3) is 0 Å². The minimum atomic E-state index is -0.170. The van der Waals surface area contributed by atoms with Crippen molar-refractivity contribution in [1.29, 1.82) is 0 Å². The summed E-state index contributed by atoms with van der Waals surface area (Å²) in [6.07, 6.45) is 2.60. The third kappa shape index (κ3) is 6.60. The molecule has 3 aromatic rings. The summed E-state index contributed by atoms with van der Waals surface area (Å²) in [6, 6.07) is 25.9. The Kier molecular flexibility index (Phi) is 8.44. The second-order valence-electron chi connectivity index (χ2n) is 8.66. The molecule has 1 N–H and O–H groups in total. The van der Waals surface area contributed by atoms with Crippen LogP contribution in [0.4, 0.5) is 0 Å². The van der Waals surface area contributed by atoms with Crippen molar-refractivity contribution < 1.29 is 9.53 Å². The molecular weight excluding hydrogens is 453 g/mol. The van der Waals surface area contributed by atoms with E-state index in [1.807, 2.05) is 66.7 Å². The number of carbonyl (C=O) groups excluding carboxylic acids is 1. The van der Waals surface area contributed by atoms with Gasteiger partial charge in [-0.1, -0.05) is 77.8 Å². The van der Waals surface area contributed by atoms with Crippen LogP contribution in [0.15, 0.2) is 78.9 Å². The third-order valence-corrected chi connectivity index (χ3v) is 6.94. The summed E-state index contributed by atoms with van der Waals surface area (Å²) < 4.78 is 5.55. The molecule has 5 heteroatoms. The van der Waals surface area contributed by atoms with E-state index in [9.17, 15) is 4.79 Å². The summed E-state index contributed by atoms with van der Waals surface area (Å²) in [4.78, 5) is 13.5. The number of amides is 1. The Bertz CT molecular complexity index is 1020. The molecule has 4 rings (SSSR count). The molecule has 2 atom stereocenters. The van der Waals surface area contributed by atoms with E-state index in [1.165, 1.54) is 5.56 Å². The lowest BCUT2D eigenvalue weighted by Crippen LogP contribution is -2.38. The van der Waals surface area contributed by atoms with Gasteiger partial charge < -0.3 is 10.1 Å². The highest BCUT2D eigenvalue weighted by Crippen LogP contribution is 2.33. The molecule has 0 bridgehead atoms. The fourth-order valence-corrected chi connectivity index (χ4v) is 4.88. The lowest BCUT2D eigenvalue weighted by molar-refractivity contribution is -0.124. The normalized spacial score (nSPS) is 16.2. The molecule has 1 aliphatic heterocycles. The van der Waals surface area contributed by atoms with Gasteiger partial charge in [-0.05, 0) is 66.1 Å². The van der Waals surface area contributed by atoms with Gasteiger partial charge in [-0.3, -0.25) is 4.79 Å². The van der Waals surface area contributed by atoms with E-state index < -0.39 is 0 Å². The van der Waals surface area contributed by atoms with Crippen molar-refractivity contribution >= 4 is 29.1 Å². The quantitative estimate of drug-likeness (QED) is 0.391. The molecule has 3 aromatic carbocycles. The predicted octanol–water partition coefficient (Wildman–Crippen LogP) is 6.65. The van der Waals surface area contributed by atoms with E-state index in [-0.39, 0.29) is 23.7 Å². The number of benzene rings is 3. The molecule has 1 saturated heterocycles. The zero-order chi connectivity index (χ0) is 23.0. The van der Waals surface area contributed by atoms with Crippen LogP contribution in [0, 0.1) is 5.92 Å². The first kappa shape index (κ1) is 23.8. The highest BCUT2D eigenvalue weighted by Gasteiger charge is 2.31. The molecular formula is C28H29Cl2NO2. The van der Waals surface area contributed by atoms with Crippen LogP contribution < -0.4 is 5.32 Å². The van der Waals surface area contributed by atoms with E-state index >= 15 is 0 Å². The van der Waals surface area contributed by atoms with Crippen LogP contribution in [-0.2, 0) is 16.0 Å². The van der Waals surface area contributed by atoms with E-state index in [0.29, 0.717) is 24.8 Å². The lowest BCUT2D eigenvalue weighted by atomic mass is 9.80. The summed E-state index contributed by atoms with van der Waals surface area (Å²) in [7, 11) is 0. The molecule has 1 heterocycles. The molecule has 0 aromatic heterocycles. The molecule has 1 amide bonds. The molecule has 0 spiro atoms. The highest BCUT2D eigenvalue weighted by molar-refractivity contribution is 6.30. The molecule has 0 radical (unpaired) electrons. The van der Waals surface area contributed by atoms with Gasteiger partial charge in [0.2, 0.25) is 5.91 Å². The van der Waals surface area contributed by atoms with Crippen LogP contribution in [0.1, 0.15) is 41.4 Å². The van der Waals surface area contributed by atoms with Crippen LogP contribution in [0.3, 0.4) is 0 Å². The molecule has 1 aliphatic rings. The van der Waals surface area contributed by atoms with Gasteiger partial charge in [0.25, 0.3) is 0 Å². The first-order valence-corrected chi connectivity index (χ1v) is 12.3. The SMILES string of the molecule is O=C(NC[C@H](Cc1ccc(Cl)cc1)c1ccc(Cl)cc1)C(c1ccccc1)C1CCOCC1. The maximum absolute atomic E-state index is 13.5. The predicted molar refractivity (Wildman–Crippen MR) is 135 cm³/mol. The van der Waals surface area contributed by atoms with Crippen molar-refractivity contribution in [1.82, 2.24) is 5.32 Å². The average molecular weight is 482 g/mol. The van der Waals surface area contributed by atoms with Gasteiger partial charge in [-0.25, -0.2) is 0 Å². The summed E-state index contributed by atoms with van der Waals surface area (Å²) >= 11 is 12.2. The molecule has 172 valence electrons. The monoisotopic (exact) mass is 481 g/mol. The summed E-state index contributed by atoms with van der Waals surface area (Å²) in [5.41, 5.74) is 3.40. The minimum Gasteiger partial charge on any atom is -0.381 e. The maximum atomic E-state index is 13.5. The zero-order valence-corrected chi connectivity index (χ0v) is 20.1. The standard InChI is InChI=1S/C28H29Cl2NO2/c29-25-10-6-20(7-11-25)18-24(21-8-12-26(30)13-9-21)19-31-28(32)27(22-4-2-1-3-5-22)23-14-16-33-17-15-23/h1-13,23-24,27H,14-19H2,(H,31,32)/t24-,27?/m0/s1. The third-order valence-electron chi connectivity index (χ3n) is 6.44. The van der Waals surface area contributed by atoms with Gasteiger partial charge in [0.05, 0.1) is 5.92 Å². The summed E-state index contributed by atoms with van der Waals surface area (Å²) in [5.74, 6) is 0.324. The van der Waals surface area contributed by atoms with Crippen molar-refractivity contribution in [2.24, 2.45) is 5.92 Å². The Labute approximate surface area is 206 Å². The molecule has 1 unspecified atom stereocenters. The van der Waals surface area contributed by atoms with E-state index in [4.69, 9.17) is 27.9 Å². The zero-order valence-electron chi connectivity index (χ0n) is 18.6. The number of halogens is 2. The Morgan fingerprint density at radius 1 is 0.848 bits per heavy atom. The number of nitrogens with one attached hydrogen (secondary N) is 1. The molecule has 33 heavy (non-hydrogen) atoms. The van der Waals surface area contributed by atoms with Crippen molar-refractivity contribution in [3.63, 3.8) is 0 Å². The fourth-order valence-electron chi connectivity index (χ4n) is 4.63. The highest BCUT2D eigenvalue weighted by atomic mass is 35.5. The molecule has 0 saturated carbocycles. The van der Waals surface area contributed by atoms with Crippen LogP contribution >= 0.6 is 23.2 Å². The largest absolute Gasteiger partial charge is 0.381 e. The van der Waals surface area contributed by atoms with Crippen molar-refractivity contribution in [2.45, 2.75) is 31.1 Å². The van der Waals surface area contributed by atoms with Gasteiger partial charge >= 0.3 is 0 Å². The van der Waals surface area contributed by atoms with Crippen molar-refractivity contribution in [2.75, 3.05) is 19.8 Å². The van der Waals surface area contributed by atoms with E-state index in [0.717, 1.165) is 35.4 Å². The van der Waals surface area contributed by atoms with E-state index in [2.05, 4.69) is 17.4 Å². The van der Waals surface area contributed by atoms with Crippen molar-refractivity contribution in [3.8, 4) is 0 Å². The van der Waals surface area contributed by atoms with Crippen LogP contribution in [0.5, 0.6) is 0 Å². The average Bonchev–Trinajstić information content (AvgIpc) is 2.85. The smallest absolute Gasteiger partial charge is 0.227 e. The number of carbonyl (C=O) groups is 1. The van der Waals surface area contributed by atoms with Gasteiger partial charge in [0.1, 0.15) is 0 Å². The number of hydrogen-bond donors (Lipinski definition) is 1. The maximum Gasteiger partial charge on any atom is 0.227 e. The van der Waals surface area contributed by atoms with Crippen molar-refractivity contribution in [3.05, 3.63) is 106 Å². The van der Waals surface area contributed by atoms with Gasteiger partial charge in [0, 0.05) is 35.7 Å². The lowest BCUT2D eigenvalue weighted by Gasteiger charge is -2.30. The van der Waals surface area contributed by atoms with E-state index in [1.54, 1.807) is 0 Å².